The summed E-state index contributed by atoms with van der Waals surface area (Å²) in [6, 6.07) is 10.7. The van der Waals surface area contributed by atoms with Crippen LogP contribution in [0.3, 0.4) is 0 Å². The van der Waals surface area contributed by atoms with Crippen molar-refractivity contribution in [3.05, 3.63) is 65.2 Å². The van der Waals surface area contributed by atoms with Gasteiger partial charge in [0, 0.05) is 17.8 Å². The Morgan fingerprint density at radius 3 is 2.20 bits per heavy atom. The van der Waals surface area contributed by atoms with Gasteiger partial charge in [-0.15, -0.1) is 0 Å². The van der Waals surface area contributed by atoms with Crippen molar-refractivity contribution in [2.75, 3.05) is 5.32 Å². The number of carbonyl (C=O) groups is 1. The van der Waals surface area contributed by atoms with Crippen LogP contribution < -0.4 is 11.1 Å². The summed E-state index contributed by atoms with van der Waals surface area (Å²) in [6.07, 6.45) is 0.169. The van der Waals surface area contributed by atoms with E-state index in [1.54, 1.807) is 24.3 Å². The quantitative estimate of drug-likeness (QED) is 0.882. The zero-order valence-electron chi connectivity index (χ0n) is 10.7. The van der Waals surface area contributed by atoms with Crippen molar-refractivity contribution in [1.29, 1.82) is 0 Å². The van der Waals surface area contributed by atoms with Gasteiger partial charge in [0.15, 0.2) is 0 Å². The fourth-order valence-corrected chi connectivity index (χ4v) is 1.83. The first-order valence-electron chi connectivity index (χ1n) is 6.10. The number of carbonyl (C=O) groups excluding carboxylic acids is 1. The lowest BCUT2D eigenvalue weighted by molar-refractivity contribution is -0.117. The normalized spacial score (nSPS) is 10.3. The third-order valence-electron chi connectivity index (χ3n) is 2.86. The van der Waals surface area contributed by atoms with Gasteiger partial charge in [-0.2, -0.15) is 0 Å². The van der Waals surface area contributed by atoms with Crippen molar-refractivity contribution in [3.8, 4) is 0 Å². The molecule has 0 aliphatic heterocycles. The second-order valence-corrected chi connectivity index (χ2v) is 4.39. The molecular formula is C15H14F2N2O. The fourth-order valence-electron chi connectivity index (χ4n) is 1.83. The molecule has 3 nitrogen and oxygen atoms in total. The van der Waals surface area contributed by atoms with Crippen molar-refractivity contribution in [1.82, 2.24) is 0 Å². The molecular weight excluding hydrogens is 262 g/mol. The van der Waals surface area contributed by atoms with E-state index in [1.807, 2.05) is 0 Å². The van der Waals surface area contributed by atoms with E-state index in [9.17, 15) is 13.6 Å². The molecule has 5 heteroatoms. The Morgan fingerprint density at radius 1 is 1.05 bits per heavy atom. The molecule has 3 N–H and O–H groups in total. The minimum Gasteiger partial charge on any atom is -0.381 e. The van der Waals surface area contributed by atoms with E-state index < -0.39 is 17.5 Å². The molecule has 0 fully saturated rings. The van der Waals surface area contributed by atoms with Gasteiger partial charge in [0.2, 0.25) is 5.91 Å². The molecule has 0 radical (unpaired) electrons. The third kappa shape index (κ3) is 3.54. The first-order valence-corrected chi connectivity index (χ1v) is 6.10. The molecule has 0 saturated carbocycles. The molecule has 20 heavy (non-hydrogen) atoms. The summed E-state index contributed by atoms with van der Waals surface area (Å²) in [6.45, 7) is 0.0493. The van der Waals surface area contributed by atoms with Gasteiger partial charge in [-0.1, -0.05) is 18.2 Å². The number of rotatable bonds is 5. The zero-order valence-corrected chi connectivity index (χ0v) is 10.7. The number of amides is 1. The van der Waals surface area contributed by atoms with E-state index in [2.05, 4.69) is 5.32 Å². The predicted octanol–water partition coefficient (Wildman–Crippen LogP) is 2.60. The van der Waals surface area contributed by atoms with Crippen LogP contribution >= 0.6 is 0 Å². The Bertz CT molecular complexity index is 592. The van der Waals surface area contributed by atoms with E-state index >= 15 is 0 Å². The highest BCUT2D eigenvalue weighted by atomic mass is 19.1. The molecule has 0 bridgehead atoms. The second kappa shape index (κ2) is 6.14. The van der Waals surface area contributed by atoms with Crippen LogP contribution in [0.25, 0.3) is 0 Å². The average Bonchev–Trinajstić information content (AvgIpc) is 2.39. The van der Waals surface area contributed by atoms with Crippen molar-refractivity contribution in [2.24, 2.45) is 5.73 Å². The van der Waals surface area contributed by atoms with E-state index in [-0.39, 0.29) is 18.5 Å². The lowest BCUT2D eigenvalue weighted by atomic mass is 10.1. The molecule has 0 spiro atoms. The van der Waals surface area contributed by atoms with Gasteiger partial charge in [0.1, 0.15) is 11.6 Å². The highest BCUT2D eigenvalue weighted by Crippen LogP contribution is 2.15. The number of benzene rings is 2. The molecule has 0 aliphatic carbocycles. The Labute approximate surface area is 115 Å². The zero-order chi connectivity index (χ0) is 14.5. The molecule has 1 amide bonds. The van der Waals surface area contributed by atoms with Gasteiger partial charge < -0.3 is 11.1 Å². The maximum atomic E-state index is 13.4. The molecule has 0 saturated heterocycles. The number of nitrogens with one attached hydrogen (secondary N) is 1. The predicted molar refractivity (Wildman–Crippen MR) is 73.0 cm³/mol. The molecule has 2 aromatic carbocycles. The summed E-state index contributed by atoms with van der Waals surface area (Å²) < 4.78 is 26.9. The van der Waals surface area contributed by atoms with Crippen LogP contribution in [0.1, 0.15) is 11.1 Å². The third-order valence-corrected chi connectivity index (χ3v) is 2.86. The molecule has 0 atom stereocenters. The highest BCUT2D eigenvalue weighted by Gasteiger charge is 2.07. The molecule has 2 rings (SSSR count). The summed E-state index contributed by atoms with van der Waals surface area (Å²) in [7, 11) is 0. The molecule has 104 valence electrons. The van der Waals surface area contributed by atoms with E-state index in [0.29, 0.717) is 5.69 Å². The van der Waals surface area contributed by atoms with Gasteiger partial charge >= 0.3 is 0 Å². The SMILES string of the molecule is NC(=O)Cc1ccc(NCc2c(F)cccc2F)cc1. The topological polar surface area (TPSA) is 55.1 Å². The van der Waals surface area contributed by atoms with Crippen LogP contribution in [0.5, 0.6) is 0 Å². The monoisotopic (exact) mass is 276 g/mol. The largest absolute Gasteiger partial charge is 0.381 e. The maximum Gasteiger partial charge on any atom is 0.221 e. The minimum absolute atomic E-state index is 0.00582. The summed E-state index contributed by atoms with van der Waals surface area (Å²) in [5.74, 6) is -1.56. The molecule has 0 heterocycles. The number of halogens is 2. The summed E-state index contributed by atoms with van der Waals surface area (Å²) in [5, 5.41) is 2.93. The Kier molecular flexibility index (Phi) is 4.30. The van der Waals surface area contributed by atoms with E-state index in [0.717, 1.165) is 5.56 Å². The van der Waals surface area contributed by atoms with Gasteiger partial charge in [0.25, 0.3) is 0 Å². The van der Waals surface area contributed by atoms with Crippen molar-refractivity contribution < 1.29 is 13.6 Å². The number of nitrogens with two attached hydrogens (primary N) is 1. The van der Waals surface area contributed by atoms with E-state index in [4.69, 9.17) is 5.73 Å². The van der Waals surface area contributed by atoms with E-state index in [1.165, 1.54) is 18.2 Å². The lowest BCUT2D eigenvalue weighted by Gasteiger charge is -2.09. The number of primary amides is 1. The lowest BCUT2D eigenvalue weighted by Crippen LogP contribution is -2.13. The standard InChI is InChI=1S/C15H14F2N2O/c16-13-2-1-3-14(17)12(13)9-19-11-6-4-10(5-7-11)8-15(18)20/h1-7,19H,8-9H2,(H2,18,20). The second-order valence-electron chi connectivity index (χ2n) is 4.39. The number of hydrogen-bond acceptors (Lipinski definition) is 2. The fraction of sp³-hybridized carbons (Fsp3) is 0.133. The average molecular weight is 276 g/mol. The first-order chi connectivity index (χ1) is 9.56. The smallest absolute Gasteiger partial charge is 0.221 e. The summed E-state index contributed by atoms with van der Waals surface area (Å²) in [4.78, 5) is 10.8. The van der Waals surface area contributed by atoms with Gasteiger partial charge in [-0.3, -0.25) is 4.79 Å². The minimum atomic E-state index is -0.581. The summed E-state index contributed by atoms with van der Waals surface area (Å²) >= 11 is 0. The van der Waals surface area contributed by atoms with Crippen LogP contribution in [0.2, 0.25) is 0 Å². The van der Waals surface area contributed by atoms with Crippen LogP contribution in [0.15, 0.2) is 42.5 Å². The van der Waals surface area contributed by atoms with Crippen LogP contribution in [-0.2, 0) is 17.8 Å². The molecule has 0 aromatic heterocycles. The van der Waals surface area contributed by atoms with Crippen molar-refractivity contribution >= 4 is 11.6 Å². The van der Waals surface area contributed by atoms with Crippen LogP contribution in [0, 0.1) is 11.6 Å². The maximum absolute atomic E-state index is 13.4. The van der Waals surface area contributed by atoms with Crippen LogP contribution in [0.4, 0.5) is 14.5 Å². The number of hydrogen-bond donors (Lipinski definition) is 2. The van der Waals surface area contributed by atoms with Crippen molar-refractivity contribution in [3.63, 3.8) is 0 Å². The Hall–Kier alpha value is -2.43. The number of anilines is 1. The summed E-state index contributed by atoms with van der Waals surface area (Å²) in [5.41, 5.74) is 6.59. The van der Waals surface area contributed by atoms with Crippen LogP contribution in [-0.4, -0.2) is 5.91 Å². The molecule has 2 aromatic rings. The highest BCUT2D eigenvalue weighted by molar-refractivity contribution is 5.76. The Balaban J connectivity index is 2.02. The Morgan fingerprint density at radius 2 is 1.65 bits per heavy atom. The van der Waals surface area contributed by atoms with Gasteiger partial charge in [-0.05, 0) is 29.8 Å². The van der Waals surface area contributed by atoms with Gasteiger partial charge in [0.05, 0.1) is 6.42 Å². The molecule has 0 aliphatic rings. The van der Waals surface area contributed by atoms with Gasteiger partial charge in [-0.25, -0.2) is 8.78 Å². The van der Waals surface area contributed by atoms with Crippen molar-refractivity contribution in [2.45, 2.75) is 13.0 Å². The molecule has 0 unspecified atom stereocenters. The first kappa shape index (κ1) is 14.0.